The van der Waals surface area contributed by atoms with E-state index in [2.05, 4.69) is 28.4 Å². The van der Waals surface area contributed by atoms with Crippen LogP contribution in [0.15, 0.2) is 34.7 Å². The minimum absolute atomic E-state index is 0.000389. The number of piperidine rings is 1. The van der Waals surface area contributed by atoms with E-state index < -0.39 is 0 Å². The van der Waals surface area contributed by atoms with Gasteiger partial charge in [-0.25, -0.2) is 4.98 Å². The van der Waals surface area contributed by atoms with Crippen LogP contribution in [0.3, 0.4) is 0 Å². The zero-order valence-electron chi connectivity index (χ0n) is 17.8. The molecule has 1 saturated heterocycles. The van der Waals surface area contributed by atoms with E-state index in [0.29, 0.717) is 19.0 Å². The van der Waals surface area contributed by atoms with Crippen LogP contribution in [0.25, 0.3) is 22.2 Å². The topological polar surface area (TPSA) is 85.4 Å². The van der Waals surface area contributed by atoms with Crippen LogP contribution >= 0.6 is 0 Å². The maximum absolute atomic E-state index is 12.9. The smallest absolute Gasteiger partial charge is 0.228 e. The summed E-state index contributed by atoms with van der Waals surface area (Å²) in [6.07, 6.45) is 4.21. The van der Waals surface area contributed by atoms with E-state index in [9.17, 15) is 10.1 Å². The molecule has 1 N–H and O–H groups in total. The summed E-state index contributed by atoms with van der Waals surface area (Å²) >= 11 is 0. The zero-order valence-corrected chi connectivity index (χ0v) is 17.8. The molecule has 0 spiro atoms. The van der Waals surface area contributed by atoms with Gasteiger partial charge in [-0.1, -0.05) is 6.07 Å². The van der Waals surface area contributed by atoms with Gasteiger partial charge in [-0.2, -0.15) is 5.26 Å². The lowest BCUT2D eigenvalue weighted by atomic mass is 9.95. The van der Waals surface area contributed by atoms with Crippen molar-refractivity contribution >= 4 is 22.7 Å². The van der Waals surface area contributed by atoms with Crippen molar-refractivity contribution < 1.29 is 9.21 Å². The average molecular weight is 415 g/mol. The van der Waals surface area contributed by atoms with Gasteiger partial charge in [-0.05, 0) is 73.0 Å². The average Bonchev–Trinajstić information content (AvgIpc) is 3.34. The first-order chi connectivity index (χ1) is 15.0. The Balaban J connectivity index is 1.51. The zero-order chi connectivity index (χ0) is 21.5. The van der Waals surface area contributed by atoms with E-state index >= 15 is 0 Å². The quantitative estimate of drug-likeness (QED) is 0.654. The lowest BCUT2D eigenvalue weighted by molar-refractivity contribution is -0.121. The monoisotopic (exact) mass is 415 g/mol. The van der Waals surface area contributed by atoms with Gasteiger partial charge in [0.25, 0.3) is 0 Å². The standard InChI is InChI=1S/C24H25N5O2/c1-15-26-22-6-5-16(9-23(22)31-15)20-10-19(8-18-12-29(14-25)13-21(18)20)27-24(30)17-4-3-7-28(2)11-17/h5-6,8-10,17H,3-4,7,11-13H2,1-2H3,(H,27,30)/t17-/m1/s1. The van der Waals surface area contributed by atoms with Gasteiger partial charge in [0.2, 0.25) is 5.91 Å². The number of amides is 1. The number of benzene rings is 2. The molecule has 0 saturated carbocycles. The van der Waals surface area contributed by atoms with Crippen molar-refractivity contribution in [2.24, 2.45) is 5.92 Å². The van der Waals surface area contributed by atoms with Gasteiger partial charge in [-0.3, -0.25) is 4.79 Å². The van der Waals surface area contributed by atoms with Crippen molar-refractivity contribution in [3.8, 4) is 17.3 Å². The van der Waals surface area contributed by atoms with Crippen LogP contribution in [-0.4, -0.2) is 40.8 Å². The molecule has 3 heterocycles. The molecule has 5 rings (SSSR count). The molecule has 31 heavy (non-hydrogen) atoms. The van der Waals surface area contributed by atoms with Crippen LogP contribution in [0.5, 0.6) is 0 Å². The largest absolute Gasteiger partial charge is 0.441 e. The number of hydrogen-bond donors (Lipinski definition) is 1. The Morgan fingerprint density at radius 1 is 1.29 bits per heavy atom. The molecule has 0 unspecified atom stereocenters. The van der Waals surface area contributed by atoms with Crippen LogP contribution < -0.4 is 5.32 Å². The van der Waals surface area contributed by atoms with Gasteiger partial charge in [0.15, 0.2) is 17.7 Å². The van der Waals surface area contributed by atoms with Crippen molar-refractivity contribution in [2.45, 2.75) is 32.9 Å². The first-order valence-corrected chi connectivity index (χ1v) is 10.7. The third kappa shape index (κ3) is 3.75. The molecule has 7 heteroatoms. The molecule has 0 radical (unpaired) electrons. The van der Waals surface area contributed by atoms with Gasteiger partial charge in [0.1, 0.15) is 5.52 Å². The van der Waals surface area contributed by atoms with E-state index in [0.717, 1.165) is 65.0 Å². The second-order valence-electron chi connectivity index (χ2n) is 8.62. The Morgan fingerprint density at radius 3 is 2.97 bits per heavy atom. The summed E-state index contributed by atoms with van der Waals surface area (Å²) < 4.78 is 5.73. The Kier molecular flexibility index (Phi) is 4.87. The van der Waals surface area contributed by atoms with Crippen molar-refractivity contribution in [1.82, 2.24) is 14.8 Å². The van der Waals surface area contributed by atoms with E-state index in [-0.39, 0.29) is 11.8 Å². The predicted molar refractivity (Wildman–Crippen MR) is 118 cm³/mol. The number of nitriles is 1. The van der Waals surface area contributed by atoms with Crippen LogP contribution in [0, 0.1) is 24.3 Å². The molecule has 2 aliphatic heterocycles. The fourth-order valence-electron chi connectivity index (χ4n) is 4.74. The number of carbonyl (C=O) groups excluding carboxylic acids is 1. The maximum Gasteiger partial charge on any atom is 0.228 e. The normalized spacial score (nSPS) is 18.7. The molecular weight excluding hydrogens is 390 g/mol. The van der Waals surface area contributed by atoms with Crippen molar-refractivity contribution in [2.75, 3.05) is 25.5 Å². The molecular formula is C24H25N5O2. The first-order valence-electron chi connectivity index (χ1n) is 10.7. The Bertz CT molecular complexity index is 1210. The summed E-state index contributed by atoms with van der Waals surface area (Å²) in [6, 6.07) is 10.00. The van der Waals surface area contributed by atoms with E-state index in [1.807, 2.05) is 37.3 Å². The predicted octanol–water partition coefficient (Wildman–Crippen LogP) is 3.88. The number of nitrogens with one attached hydrogen (secondary N) is 1. The molecule has 158 valence electrons. The Hall–Kier alpha value is -3.37. The summed E-state index contributed by atoms with van der Waals surface area (Å²) in [5, 5.41) is 12.6. The summed E-state index contributed by atoms with van der Waals surface area (Å²) in [7, 11) is 2.06. The highest BCUT2D eigenvalue weighted by Gasteiger charge is 2.26. The van der Waals surface area contributed by atoms with Crippen LogP contribution in [0.4, 0.5) is 5.69 Å². The lowest BCUT2D eigenvalue weighted by Crippen LogP contribution is -2.38. The number of carbonyl (C=O) groups is 1. The molecule has 1 fully saturated rings. The summed E-state index contributed by atoms with van der Waals surface area (Å²) in [4.78, 5) is 21.3. The van der Waals surface area contributed by atoms with Crippen LogP contribution in [-0.2, 0) is 17.9 Å². The van der Waals surface area contributed by atoms with E-state index in [1.165, 1.54) is 0 Å². The number of fused-ring (bicyclic) bond motifs is 2. The highest BCUT2D eigenvalue weighted by Crippen LogP contribution is 2.37. The van der Waals surface area contributed by atoms with Crippen molar-refractivity contribution in [3.63, 3.8) is 0 Å². The van der Waals surface area contributed by atoms with Crippen molar-refractivity contribution in [3.05, 3.63) is 47.3 Å². The van der Waals surface area contributed by atoms with E-state index in [4.69, 9.17) is 4.42 Å². The molecule has 2 aromatic carbocycles. The molecule has 0 aliphatic carbocycles. The number of rotatable bonds is 3. The first kappa shape index (κ1) is 19.6. The third-order valence-electron chi connectivity index (χ3n) is 6.26. The summed E-state index contributed by atoms with van der Waals surface area (Å²) in [5.74, 6) is 0.694. The fraction of sp³-hybridized carbons (Fsp3) is 0.375. The SMILES string of the molecule is Cc1nc2ccc(-c3cc(NC(=O)[C@@H]4CCCN(C)C4)cc4c3CN(C#N)C4)cc2o1. The number of likely N-dealkylation sites (tertiary alicyclic amines) is 1. The Labute approximate surface area is 181 Å². The third-order valence-corrected chi connectivity index (χ3v) is 6.26. The molecule has 2 aliphatic rings. The minimum Gasteiger partial charge on any atom is -0.441 e. The number of hydrogen-bond acceptors (Lipinski definition) is 6. The highest BCUT2D eigenvalue weighted by atomic mass is 16.3. The molecule has 1 amide bonds. The maximum atomic E-state index is 12.9. The van der Waals surface area contributed by atoms with E-state index in [1.54, 1.807) is 4.90 Å². The number of aryl methyl sites for hydroxylation is 1. The Morgan fingerprint density at radius 2 is 2.16 bits per heavy atom. The number of anilines is 1. The summed E-state index contributed by atoms with van der Waals surface area (Å²) in [6.45, 7) is 4.78. The molecule has 0 bridgehead atoms. The second-order valence-corrected chi connectivity index (χ2v) is 8.62. The van der Waals surface area contributed by atoms with Crippen LogP contribution in [0.2, 0.25) is 0 Å². The van der Waals surface area contributed by atoms with Gasteiger partial charge in [0.05, 0.1) is 19.0 Å². The second kappa shape index (κ2) is 7.71. The fourth-order valence-corrected chi connectivity index (χ4v) is 4.74. The molecule has 3 aromatic rings. The van der Waals surface area contributed by atoms with Crippen molar-refractivity contribution in [1.29, 1.82) is 5.26 Å². The lowest BCUT2D eigenvalue weighted by Gasteiger charge is -2.28. The van der Waals surface area contributed by atoms with Gasteiger partial charge < -0.3 is 19.5 Å². The molecule has 7 nitrogen and oxygen atoms in total. The highest BCUT2D eigenvalue weighted by molar-refractivity contribution is 5.94. The molecule has 1 aromatic heterocycles. The molecule has 1 atom stereocenters. The van der Waals surface area contributed by atoms with Crippen LogP contribution in [0.1, 0.15) is 29.9 Å². The number of oxazole rings is 1. The number of nitrogens with zero attached hydrogens (tertiary/aromatic N) is 4. The van der Waals surface area contributed by atoms with Gasteiger partial charge in [0, 0.05) is 19.2 Å². The minimum atomic E-state index is -0.000389. The number of aromatic nitrogens is 1. The summed E-state index contributed by atoms with van der Waals surface area (Å²) in [5.41, 5.74) is 6.54. The van der Waals surface area contributed by atoms with Gasteiger partial charge >= 0.3 is 0 Å². The van der Waals surface area contributed by atoms with Gasteiger partial charge in [-0.15, -0.1) is 0 Å².